The monoisotopic (exact) mass is 324 g/mol. The molecule has 0 saturated carbocycles. The fourth-order valence-corrected chi connectivity index (χ4v) is 2.45. The molecule has 88 valence electrons. The summed E-state index contributed by atoms with van der Waals surface area (Å²) in [6, 6.07) is 4.13. The summed E-state index contributed by atoms with van der Waals surface area (Å²) in [4.78, 5) is 0.0724. The van der Waals surface area contributed by atoms with E-state index >= 15 is 0 Å². The van der Waals surface area contributed by atoms with Crippen LogP contribution in [0.3, 0.4) is 0 Å². The maximum Gasteiger partial charge on any atom is 0.240 e. The summed E-state index contributed by atoms with van der Waals surface area (Å²) in [5.74, 6) is 0. The van der Waals surface area contributed by atoms with Gasteiger partial charge in [0.2, 0.25) is 10.0 Å². The molecule has 1 aromatic rings. The lowest BCUT2D eigenvalue weighted by Crippen LogP contribution is -2.24. The molecule has 0 atom stereocenters. The number of nitrogens with one attached hydrogen (secondary N) is 1. The molecule has 0 fully saturated rings. The van der Waals surface area contributed by atoms with Gasteiger partial charge in [-0.15, -0.1) is 0 Å². The number of benzene rings is 1. The minimum Gasteiger partial charge on any atom is -0.397 e. The molecule has 0 radical (unpaired) electrons. The van der Waals surface area contributed by atoms with Crippen LogP contribution in [0.5, 0.6) is 0 Å². The van der Waals surface area contributed by atoms with Crippen LogP contribution in [0.25, 0.3) is 0 Å². The van der Waals surface area contributed by atoms with Crippen molar-refractivity contribution in [2.75, 3.05) is 12.3 Å². The van der Waals surface area contributed by atoms with E-state index in [1.54, 1.807) is 0 Å². The maximum absolute atomic E-state index is 11.7. The molecule has 0 aliphatic heterocycles. The highest BCUT2D eigenvalue weighted by atomic mass is 79.9. The zero-order chi connectivity index (χ0) is 12.3. The molecule has 4 nitrogen and oxygen atoms in total. The topological polar surface area (TPSA) is 72.2 Å². The van der Waals surface area contributed by atoms with Gasteiger partial charge in [0.05, 0.1) is 15.6 Å². The van der Waals surface area contributed by atoms with Crippen LogP contribution in [0.2, 0.25) is 5.02 Å². The molecule has 0 saturated heterocycles. The van der Waals surface area contributed by atoms with Gasteiger partial charge in [0.15, 0.2) is 0 Å². The minimum absolute atomic E-state index is 0.0724. The second-order valence-corrected chi connectivity index (χ2v) is 6.32. The number of anilines is 1. The zero-order valence-electron chi connectivity index (χ0n) is 8.20. The lowest BCUT2D eigenvalue weighted by molar-refractivity contribution is 0.585. The van der Waals surface area contributed by atoms with Gasteiger partial charge >= 0.3 is 0 Å². The van der Waals surface area contributed by atoms with E-state index in [9.17, 15) is 8.42 Å². The number of hydrogen-bond acceptors (Lipinski definition) is 3. The number of nitrogens with two attached hydrogens (primary N) is 1. The standard InChI is InChI=1S/C9H10BrClN2O2S/c1-6(10)5-13-16(14,15)7-2-3-8(11)9(12)4-7/h2-4,13H,1,5,12H2. The summed E-state index contributed by atoms with van der Waals surface area (Å²) in [6.07, 6.45) is 0. The second kappa shape index (κ2) is 5.18. The Bertz CT molecular complexity index is 516. The third-order valence-electron chi connectivity index (χ3n) is 1.73. The molecule has 7 heteroatoms. The van der Waals surface area contributed by atoms with Crippen LogP contribution in [0.4, 0.5) is 5.69 Å². The molecule has 0 aliphatic rings. The molecular formula is C9H10BrClN2O2S. The molecule has 3 N–H and O–H groups in total. The number of sulfonamides is 1. The predicted molar refractivity (Wildman–Crippen MR) is 69.1 cm³/mol. The predicted octanol–water partition coefficient (Wildman–Crippen LogP) is 2.11. The summed E-state index contributed by atoms with van der Waals surface area (Å²) in [7, 11) is -3.57. The van der Waals surface area contributed by atoms with Gasteiger partial charge in [-0.3, -0.25) is 0 Å². The fraction of sp³-hybridized carbons (Fsp3) is 0.111. The molecule has 16 heavy (non-hydrogen) atoms. The summed E-state index contributed by atoms with van der Waals surface area (Å²) in [5, 5.41) is 0.323. The van der Waals surface area contributed by atoms with Crippen molar-refractivity contribution in [3.63, 3.8) is 0 Å². The molecular weight excluding hydrogens is 316 g/mol. The highest BCUT2D eigenvalue weighted by Crippen LogP contribution is 2.22. The lowest BCUT2D eigenvalue weighted by Gasteiger charge is -2.07. The van der Waals surface area contributed by atoms with Crippen LogP contribution < -0.4 is 10.5 Å². The Morgan fingerprint density at radius 1 is 1.56 bits per heavy atom. The van der Waals surface area contributed by atoms with Crippen LogP contribution in [0.1, 0.15) is 0 Å². The molecule has 0 amide bonds. The molecule has 0 aliphatic carbocycles. The number of hydrogen-bond donors (Lipinski definition) is 2. The van der Waals surface area contributed by atoms with E-state index in [0.717, 1.165) is 0 Å². The molecule has 0 bridgehead atoms. The molecule has 0 heterocycles. The highest BCUT2D eigenvalue weighted by molar-refractivity contribution is 9.11. The van der Waals surface area contributed by atoms with Gasteiger partial charge in [0, 0.05) is 11.0 Å². The van der Waals surface area contributed by atoms with E-state index < -0.39 is 10.0 Å². The van der Waals surface area contributed by atoms with Crippen molar-refractivity contribution in [3.05, 3.63) is 34.3 Å². The van der Waals surface area contributed by atoms with Gasteiger partial charge in [-0.2, -0.15) is 0 Å². The van der Waals surface area contributed by atoms with Crippen molar-refractivity contribution < 1.29 is 8.42 Å². The summed E-state index contributed by atoms with van der Waals surface area (Å²) < 4.78 is 26.3. The van der Waals surface area contributed by atoms with E-state index in [-0.39, 0.29) is 17.1 Å². The minimum atomic E-state index is -3.57. The quantitative estimate of drug-likeness (QED) is 0.833. The maximum atomic E-state index is 11.7. The van der Waals surface area contributed by atoms with Crippen molar-refractivity contribution in [2.45, 2.75) is 4.90 Å². The van der Waals surface area contributed by atoms with Crippen LogP contribution in [0, 0.1) is 0 Å². The Morgan fingerprint density at radius 2 is 2.19 bits per heavy atom. The smallest absolute Gasteiger partial charge is 0.240 e. The molecule has 0 aromatic heterocycles. The number of nitrogen functional groups attached to an aromatic ring is 1. The van der Waals surface area contributed by atoms with Crippen molar-refractivity contribution >= 4 is 43.2 Å². The average molecular weight is 326 g/mol. The number of halogens is 2. The van der Waals surface area contributed by atoms with E-state index in [1.807, 2.05) is 0 Å². The molecule has 0 unspecified atom stereocenters. The SMILES string of the molecule is C=C(Br)CNS(=O)(=O)c1ccc(Cl)c(N)c1. The third kappa shape index (κ3) is 3.48. The zero-order valence-corrected chi connectivity index (χ0v) is 11.4. The lowest BCUT2D eigenvalue weighted by atomic mass is 10.3. The van der Waals surface area contributed by atoms with Crippen LogP contribution in [-0.4, -0.2) is 15.0 Å². The molecule has 1 rings (SSSR count). The van der Waals surface area contributed by atoms with Gasteiger partial charge in [-0.25, -0.2) is 13.1 Å². The highest BCUT2D eigenvalue weighted by Gasteiger charge is 2.14. The molecule has 1 aromatic carbocycles. The first-order valence-electron chi connectivity index (χ1n) is 4.21. The van der Waals surface area contributed by atoms with Crippen LogP contribution in [0.15, 0.2) is 34.2 Å². The van der Waals surface area contributed by atoms with Crippen molar-refractivity contribution in [1.29, 1.82) is 0 Å². The third-order valence-corrected chi connectivity index (χ3v) is 3.76. The van der Waals surface area contributed by atoms with Crippen molar-refractivity contribution in [3.8, 4) is 0 Å². The van der Waals surface area contributed by atoms with Crippen LogP contribution >= 0.6 is 27.5 Å². The Morgan fingerprint density at radius 3 is 2.69 bits per heavy atom. The first-order valence-corrected chi connectivity index (χ1v) is 6.86. The summed E-state index contributed by atoms with van der Waals surface area (Å²) in [5.41, 5.74) is 5.75. The van der Waals surface area contributed by atoms with E-state index in [0.29, 0.717) is 9.51 Å². The normalized spacial score (nSPS) is 11.4. The Hall–Kier alpha value is -0.560. The van der Waals surface area contributed by atoms with Gasteiger partial charge in [-0.1, -0.05) is 34.1 Å². The van der Waals surface area contributed by atoms with Gasteiger partial charge in [0.25, 0.3) is 0 Å². The van der Waals surface area contributed by atoms with E-state index in [1.165, 1.54) is 18.2 Å². The summed E-state index contributed by atoms with van der Waals surface area (Å²) in [6.45, 7) is 3.64. The fourth-order valence-electron chi connectivity index (χ4n) is 0.946. The second-order valence-electron chi connectivity index (χ2n) is 3.03. The van der Waals surface area contributed by atoms with Gasteiger partial charge in [0.1, 0.15) is 0 Å². The van der Waals surface area contributed by atoms with Gasteiger partial charge < -0.3 is 5.73 Å². The Kier molecular flexibility index (Phi) is 4.37. The Labute approximate surface area is 108 Å². The van der Waals surface area contributed by atoms with E-state index in [4.69, 9.17) is 17.3 Å². The molecule has 0 spiro atoms. The first kappa shape index (κ1) is 13.5. The van der Waals surface area contributed by atoms with E-state index in [2.05, 4.69) is 27.2 Å². The average Bonchev–Trinajstić information content (AvgIpc) is 2.19. The summed E-state index contributed by atoms with van der Waals surface area (Å²) >= 11 is 8.75. The number of rotatable bonds is 4. The largest absolute Gasteiger partial charge is 0.397 e. The first-order chi connectivity index (χ1) is 7.33. The van der Waals surface area contributed by atoms with Gasteiger partial charge in [-0.05, 0) is 18.2 Å². The van der Waals surface area contributed by atoms with Crippen molar-refractivity contribution in [2.24, 2.45) is 0 Å². The Balaban J connectivity index is 2.99. The van der Waals surface area contributed by atoms with Crippen molar-refractivity contribution in [1.82, 2.24) is 4.72 Å². The van der Waals surface area contributed by atoms with Crippen LogP contribution in [-0.2, 0) is 10.0 Å².